The van der Waals surface area contributed by atoms with Gasteiger partial charge in [-0.25, -0.2) is 0 Å². The van der Waals surface area contributed by atoms with E-state index in [1.54, 1.807) is 0 Å². The largest absolute Gasteiger partial charge is 0.381 e. The molecule has 1 aliphatic carbocycles. The van der Waals surface area contributed by atoms with Gasteiger partial charge >= 0.3 is 0 Å². The molecule has 102 valence electrons. The molecule has 0 aromatic rings. The van der Waals surface area contributed by atoms with Gasteiger partial charge in [-0.1, -0.05) is 6.42 Å². The Labute approximate surface area is 109 Å². The monoisotopic (exact) mass is 252 g/mol. The molecule has 1 N–H and O–H groups in total. The highest BCUT2D eigenvalue weighted by Crippen LogP contribution is 2.30. The standard InChI is InChI=1S/C14H24N2O2/c17-14(11-6-8-18-10-11)16(13-4-5-13)9-12-3-1-2-7-15-12/h11-13,15H,1-10H2. The number of piperidine rings is 1. The Morgan fingerprint density at radius 2 is 2.11 bits per heavy atom. The smallest absolute Gasteiger partial charge is 0.228 e. The van der Waals surface area contributed by atoms with E-state index < -0.39 is 0 Å². The van der Waals surface area contributed by atoms with E-state index in [1.807, 2.05) is 0 Å². The molecule has 4 heteroatoms. The third-order valence-electron chi connectivity index (χ3n) is 4.38. The van der Waals surface area contributed by atoms with Gasteiger partial charge in [0.1, 0.15) is 0 Å². The minimum absolute atomic E-state index is 0.134. The molecular formula is C14H24N2O2. The predicted octanol–water partition coefficient (Wildman–Crippen LogP) is 1.16. The van der Waals surface area contributed by atoms with Gasteiger partial charge in [0.2, 0.25) is 5.91 Å². The van der Waals surface area contributed by atoms with E-state index in [1.165, 1.54) is 32.1 Å². The number of hydrogen-bond acceptors (Lipinski definition) is 3. The summed E-state index contributed by atoms with van der Waals surface area (Å²) in [7, 11) is 0. The molecule has 1 saturated carbocycles. The fourth-order valence-electron chi connectivity index (χ4n) is 3.09. The first-order chi connectivity index (χ1) is 8.84. The number of carbonyl (C=O) groups is 1. The lowest BCUT2D eigenvalue weighted by Gasteiger charge is -2.32. The van der Waals surface area contributed by atoms with Gasteiger partial charge in [-0.3, -0.25) is 4.79 Å². The summed E-state index contributed by atoms with van der Waals surface area (Å²) >= 11 is 0. The van der Waals surface area contributed by atoms with Crippen LogP contribution in [0.4, 0.5) is 0 Å². The number of rotatable bonds is 4. The number of hydrogen-bond donors (Lipinski definition) is 1. The van der Waals surface area contributed by atoms with Crippen LogP contribution in [-0.2, 0) is 9.53 Å². The van der Waals surface area contributed by atoms with Crippen molar-refractivity contribution in [2.75, 3.05) is 26.3 Å². The molecule has 0 aromatic heterocycles. The van der Waals surface area contributed by atoms with E-state index in [4.69, 9.17) is 4.74 Å². The van der Waals surface area contributed by atoms with E-state index in [-0.39, 0.29) is 5.92 Å². The zero-order chi connectivity index (χ0) is 12.4. The second-order valence-electron chi connectivity index (χ2n) is 5.93. The van der Waals surface area contributed by atoms with Gasteiger partial charge in [0.25, 0.3) is 0 Å². The molecule has 2 saturated heterocycles. The second kappa shape index (κ2) is 5.57. The Hall–Kier alpha value is -0.610. The topological polar surface area (TPSA) is 41.6 Å². The average molecular weight is 252 g/mol. The summed E-state index contributed by atoms with van der Waals surface area (Å²) in [5.41, 5.74) is 0. The maximum atomic E-state index is 12.5. The van der Waals surface area contributed by atoms with E-state index in [0.29, 0.717) is 24.6 Å². The lowest BCUT2D eigenvalue weighted by molar-refractivity contribution is -0.136. The van der Waals surface area contributed by atoms with Gasteiger partial charge in [-0.05, 0) is 38.6 Å². The van der Waals surface area contributed by atoms with E-state index in [0.717, 1.165) is 26.1 Å². The van der Waals surface area contributed by atoms with Gasteiger partial charge < -0.3 is 15.0 Å². The molecule has 0 radical (unpaired) electrons. The minimum atomic E-state index is 0.134. The van der Waals surface area contributed by atoms with Crippen molar-refractivity contribution in [1.29, 1.82) is 0 Å². The SMILES string of the molecule is O=C(C1CCOC1)N(CC1CCCCN1)C1CC1. The lowest BCUT2D eigenvalue weighted by atomic mass is 10.0. The van der Waals surface area contributed by atoms with Crippen LogP contribution in [0, 0.1) is 5.92 Å². The molecule has 3 aliphatic rings. The number of amides is 1. The quantitative estimate of drug-likeness (QED) is 0.816. The molecule has 4 nitrogen and oxygen atoms in total. The highest BCUT2D eigenvalue weighted by atomic mass is 16.5. The van der Waals surface area contributed by atoms with Gasteiger partial charge in [0.15, 0.2) is 0 Å². The molecule has 2 heterocycles. The van der Waals surface area contributed by atoms with Crippen molar-refractivity contribution >= 4 is 5.91 Å². The van der Waals surface area contributed by atoms with Crippen LogP contribution in [0.5, 0.6) is 0 Å². The summed E-state index contributed by atoms with van der Waals surface area (Å²) in [4.78, 5) is 14.7. The first-order valence-corrected chi connectivity index (χ1v) is 7.46. The summed E-state index contributed by atoms with van der Waals surface area (Å²) in [6.45, 7) is 3.43. The van der Waals surface area contributed by atoms with E-state index >= 15 is 0 Å². The summed E-state index contributed by atoms with van der Waals surface area (Å²) in [6.07, 6.45) is 7.12. The number of nitrogens with one attached hydrogen (secondary N) is 1. The average Bonchev–Trinajstić information content (AvgIpc) is 3.10. The van der Waals surface area contributed by atoms with Crippen LogP contribution in [0.2, 0.25) is 0 Å². The van der Waals surface area contributed by atoms with Crippen molar-refractivity contribution in [2.45, 2.75) is 50.6 Å². The summed E-state index contributed by atoms with van der Waals surface area (Å²) < 4.78 is 5.36. The van der Waals surface area contributed by atoms with Crippen molar-refractivity contribution in [3.8, 4) is 0 Å². The van der Waals surface area contributed by atoms with E-state index in [2.05, 4.69) is 10.2 Å². The summed E-state index contributed by atoms with van der Waals surface area (Å²) in [6, 6.07) is 1.05. The third-order valence-corrected chi connectivity index (χ3v) is 4.38. The molecular weight excluding hydrogens is 228 g/mol. The Balaban J connectivity index is 1.58. The van der Waals surface area contributed by atoms with Crippen molar-refractivity contribution in [2.24, 2.45) is 5.92 Å². The first kappa shape index (κ1) is 12.4. The molecule has 2 unspecified atom stereocenters. The van der Waals surface area contributed by atoms with Crippen LogP contribution in [0.15, 0.2) is 0 Å². The highest BCUT2D eigenvalue weighted by Gasteiger charge is 2.38. The molecule has 3 fully saturated rings. The van der Waals surface area contributed by atoms with Gasteiger partial charge in [0.05, 0.1) is 12.5 Å². The van der Waals surface area contributed by atoms with Crippen LogP contribution in [-0.4, -0.2) is 49.2 Å². The number of nitrogens with zero attached hydrogens (tertiary/aromatic N) is 1. The maximum Gasteiger partial charge on any atom is 0.228 e. The fourth-order valence-corrected chi connectivity index (χ4v) is 3.09. The molecule has 0 aromatic carbocycles. The fraction of sp³-hybridized carbons (Fsp3) is 0.929. The second-order valence-corrected chi connectivity index (χ2v) is 5.93. The van der Waals surface area contributed by atoms with Crippen LogP contribution < -0.4 is 5.32 Å². The lowest BCUT2D eigenvalue weighted by Crippen LogP contribution is -2.48. The highest BCUT2D eigenvalue weighted by molar-refractivity contribution is 5.80. The summed E-state index contributed by atoms with van der Waals surface area (Å²) in [5, 5.41) is 3.55. The predicted molar refractivity (Wildman–Crippen MR) is 69.3 cm³/mol. The van der Waals surface area contributed by atoms with Crippen LogP contribution in [0.3, 0.4) is 0 Å². The Kier molecular flexibility index (Phi) is 3.85. The molecule has 3 rings (SSSR count). The molecule has 2 aliphatic heterocycles. The van der Waals surface area contributed by atoms with E-state index in [9.17, 15) is 4.79 Å². The van der Waals surface area contributed by atoms with Crippen molar-refractivity contribution in [3.63, 3.8) is 0 Å². The minimum Gasteiger partial charge on any atom is -0.381 e. The van der Waals surface area contributed by atoms with Crippen LogP contribution in [0.1, 0.15) is 38.5 Å². The normalized spacial score (nSPS) is 32.4. The Morgan fingerprint density at radius 1 is 1.22 bits per heavy atom. The van der Waals surface area contributed by atoms with Gasteiger partial charge in [0, 0.05) is 25.2 Å². The molecule has 2 atom stereocenters. The molecule has 18 heavy (non-hydrogen) atoms. The van der Waals surface area contributed by atoms with Crippen LogP contribution >= 0.6 is 0 Å². The van der Waals surface area contributed by atoms with Crippen molar-refractivity contribution < 1.29 is 9.53 Å². The van der Waals surface area contributed by atoms with Crippen molar-refractivity contribution in [1.82, 2.24) is 10.2 Å². The zero-order valence-electron chi connectivity index (χ0n) is 11.1. The molecule has 0 spiro atoms. The Bertz CT molecular complexity index is 292. The Morgan fingerprint density at radius 3 is 2.72 bits per heavy atom. The molecule has 1 amide bonds. The first-order valence-electron chi connectivity index (χ1n) is 7.46. The number of carbonyl (C=O) groups excluding carboxylic acids is 1. The zero-order valence-corrected chi connectivity index (χ0v) is 11.1. The summed E-state index contributed by atoms with van der Waals surface area (Å²) in [5.74, 6) is 0.483. The maximum absolute atomic E-state index is 12.5. The van der Waals surface area contributed by atoms with Crippen molar-refractivity contribution in [3.05, 3.63) is 0 Å². The number of ether oxygens (including phenoxy) is 1. The van der Waals surface area contributed by atoms with Gasteiger partial charge in [-0.15, -0.1) is 0 Å². The van der Waals surface area contributed by atoms with Gasteiger partial charge in [-0.2, -0.15) is 0 Å². The third kappa shape index (κ3) is 2.86. The van der Waals surface area contributed by atoms with Crippen LogP contribution in [0.25, 0.3) is 0 Å². The molecule has 0 bridgehead atoms.